The summed E-state index contributed by atoms with van der Waals surface area (Å²) < 4.78 is 29.6. The van der Waals surface area contributed by atoms with Crippen LogP contribution in [0.1, 0.15) is 52.5 Å². The number of hydrogen-bond donors (Lipinski definition) is 2. The SMILES string of the molecule is CC(C)(C)NC(=O)OCC(C)(C)S(=O)(=O)CC(CC(=O)O)c1ccccc1. The van der Waals surface area contributed by atoms with Gasteiger partial charge in [-0.15, -0.1) is 0 Å². The summed E-state index contributed by atoms with van der Waals surface area (Å²) in [5.74, 6) is -2.10. The molecule has 1 aromatic rings. The Morgan fingerprint density at radius 3 is 2.15 bits per heavy atom. The minimum absolute atomic E-state index is 0.301. The summed E-state index contributed by atoms with van der Waals surface area (Å²) in [6.07, 6.45) is -0.999. The van der Waals surface area contributed by atoms with Crippen LogP contribution in [-0.4, -0.2) is 48.2 Å². The van der Waals surface area contributed by atoms with E-state index in [1.165, 1.54) is 13.8 Å². The van der Waals surface area contributed by atoms with Crippen LogP contribution in [0.15, 0.2) is 30.3 Å². The van der Waals surface area contributed by atoms with Crippen molar-refractivity contribution in [1.82, 2.24) is 5.32 Å². The fraction of sp³-hybridized carbons (Fsp3) is 0.579. The number of carboxylic acids is 1. The van der Waals surface area contributed by atoms with Crippen molar-refractivity contribution in [3.63, 3.8) is 0 Å². The first-order valence-electron chi connectivity index (χ1n) is 8.67. The lowest BCUT2D eigenvalue weighted by Crippen LogP contribution is -2.45. The van der Waals surface area contributed by atoms with Crippen molar-refractivity contribution in [2.45, 2.75) is 57.2 Å². The van der Waals surface area contributed by atoms with E-state index in [2.05, 4.69) is 5.32 Å². The smallest absolute Gasteiger partial charge is 0.407 e. The Balaban J connectivity index is 2.91. The first-order chi connectivity index (χ1) is 12.2. The Morgan fingerprint density at radius 2 is 1.67 bits per heavy atom. The Hall–Kier alpha value is -2.09. The van der Waals surface area contributed by atoms with Crippen molar-refractivity contribution in [3.8, 4) is 0 Å². The van der Waals surface area contributed by atoms with Crippen molar-refractivity contribution in [3.05, 3.63) is 35.9 Å². The highest BCUT2D eigenvalue weighted by Gasteiger charge is 2.38. The zero-order valence-electron chi connectivity index (χ0n) is 16.5. The van der Waals surface area contributed by atoms with E-state index in [4.69, 9.17) is 9.84 Å². The molecule has 1 unspecified atom stereocenters. The lowest BCUT2D eigenvalue weighted by molar-refractivity contribution is -0.137. The number of carbonyl (C=O) groups is 2. The van der Waals surface area contributed by atoms with Gasteiger partial charge >= 0.3 is 12.1 Å². The summed E-state index contributed by atoms with van der Waals surface area (Å²) in [7, 11) is -3.76. The number of carbonyl (C=O) groups excluding carboxylic acids is 1. The summed E-state index contributed by atoms with van der Waals surface area (Å²) >= 11 is 0. The molecule has 0 aliphatic rings. The third kappa shape index (κ3) is 7.58. The number of alkyl carbamates (subject to hydrolysis) is 1. The van der Waals surface area contributed by atoms with Crippen LogP contribution in [0.2, 0.25) is 0 Å². The molecule has 1 atom stereocenters. The van der Waals surface area contributed by atoms with Gasteiger partial charge in [0.25, 0.3) is 0 Å². The molecular formula is C19H29NO6S. The molecule has 0 radical (unpaired) electrons. The van der Waals surface area contributed by atoms with Gasteiger partial charge in [0.1, 0.15) is 11.4 Å². The van der Waals surface area contributed by atoms with Gasteiger partial charge in [-0.3, -0.25) is 4.79 Å². The Kier molecular flexibility index (Phi) is 7.42. The van der Waals surface area contributed by atoms with E-state index in [1.807, 2.05) is 0 Å². The molecule has 0 aromatic heterocycles. The number of ether oxygens (including phenoxy) is 1. The number of amides is 1. The number of rotatable bonds is 8. The number of benzene rings is 1. The van der Waals surface area contributed by atoms with Gasteiger partial charge in [-0.2, -0.15) is 0 Å². The van der Waals surface area contributed by atoms with E-state index in [9.17, 15) is 18.0 Å². The van der Waals surface area contributed by atoms with Crippen LogP contribution in [0.4, 0.5) is 4.79 Å². The van der Waals surface area contributed by atoms with Crippen LogP contribution < -0.4 is 5.32 Å². The van der Waals surface area contributed by atoms with Gasteiger partial charge in [0, 0.05) is 11.5 Å². The normalized spacial score (nSPS) is 13.7. The second-order valence-corrected chi connectivity index (χ2v) is 10.9. The Morgan fingerprint density at radius 1 is 1.11 bits per heavy atom. The molecule has 1 amide bonds. The number of aliphatic carboxylic acids is 1. The molecule has 0 fully saturated rings. The average Bonchev–Trinajstić information content (AvgIpc) is 2.51. The van der Waals surface area contributed by atoms with Crippen LogP contribution in [0.25, 0.3) is 0 Å². The number of carboxylic acid groups (broad SMARTS) is 1. The summed E-state index contributed by atoms with van der Waals surface area (Å²) in [4.78, 5) is 23.0. The maximum atomic E-state index is 12.9. The molecule has 0 aliphatic carbocycles. The highest BCUT2D eigenvalue weighted by Crippen LogP contribution is 2.27. The quantitative estimate of drug-likeness (QED) is 0.695. The monoisotopic (exact) mass is 399 g/mol. The molecule has 1 rings (SSSR count). The van der Waals surface area contributed by atoms with Gasteiger partial charge in [-0.25, -0.2) is 13.2 Å². The van der Waals surface area contributed by atoms with Gasteiger partial charge in [-0.1, -0.05) is 30.3 Å². The Labute approximate surface area is 161 Å². The first kappa shape index (κ1) is 23.0. The lowest BCUT2D eigenvalue weighted by atomic mass is 9.98. The van der Waals surface area contributed by atoms with Crippen LogP contribution in [0, 0.1) is 0 Å². The Bertz CT molecular complexity index is 750. The highest BCUT2D eigenvalue weighted by atomic mass is 32.2. The molecule has 0 aliphatic heterocycles. The van der Waals surface area contributed by atoms with Crippen LogP contribution in [0.3, 0.4) is 0 Å². The maximum Gasteiger partial charge on any atom is 0.407 e. The van der Waals surface area contributed by atoms with Crippen LogP contribution in [-0.2, 0) is 19.4 Å². The van der Waals surface area contributed by atoms with E-state index in [0.717, 1.165) is 0 Å². The average molecular weight is 400 g/mol. The molecule has 0 heterocycles. The van der Waals surface area contributed by atoms with Crippen LogP contribution in [0.5, 0.6) is 0 Å². The lowest BCUT2D eigenvalue weighted by Gasteiger charge is -2.28. The standard InChI is InChI=1S/C19H29NO6S/c1-18(2,3)20-17(23)26-13-19(4,5)27(24,25)12-15(11-16(21)22)14-9-7-6-8-10-14/h6-10,15H,11-13H2,1-5H3,(H,20,23)(H,21,22). The summed E-state index contributed by atoms with van der Waals surface area (Å²) in [6, 6.07) is 8.68. The fourth-order valence-electron chi connectivity index (χ4n) is 2.37. The van der Waals surface area contributed by atoms with E-state index in [-0.39, 0.29) is 18.8 Å². The largest absolute Gasteiger partial charge is 0.481 e. The summed E-state index contributed by atoms with van der Waals surface area (Å²) in [5.41, 5.74) is 0.144. The second-order valence-electron chi connectivity index (χ2n) is 8.20. The number of hydrogen-bond acceptors (Lipinski definition) is 5. The van der Waals surface area contributed by atoms with Gasteiger partial charge in [-0.05, 0) is 40.2 Å². The van der Waals surface area contributed by atoms with Crippen molar-refractivity contribution < 1.29 is 27.9 Å². The summed E-state index contributed by atoms with van der Waals surface area (Å²) in [5, 5.41) is 11.8. The van der Waals surface area contributed by atoms with Gasteiger partial charge < -0.3 is 15.2 Å². The topological polar surface area (TPSA) is 110 Å². The van der Waals surface area contributed by atoms with Crippen molar-refractivity contribution in [2.24, 2.45) is 0 Å². The fourth-order valence-corrected chi connectivity index (χ4v) is 3.90. The molecule has 0 saturated heterocycles. The molecule has 7 nitrogen and oxygen atoms in total. The molecule has 152 valence electrons. The minimum Gasteiger partial charge on any atom is -0.481 e. The van der Waals surface area contributed by atoms with Gasteiger partial charge in [0.05, 0.1) is 12.2 Å². The molecule has 27 heavy (non-hydrogen) atoms. The predicted octanol–water partition coefficient (Wildman–Crippen LogP) is 2.96. The molecule has 2 N–H and O–H groups in total. The van der Waals surface area contributed by atoms with E-state index in [1.54, 1.807) is 51.1 Å². The summed E-state index contributed by atoms with van der Waals surface area (Å²) in [6.45, 7) is 7.96. The highest BCUT2D eigenvalue weighted by molar-refractivity contribution is 7.92. The molecule has 1 aromatic carbocycles. The van der Waals surface area contributed by atoms with Crippen molar-refractivity contribution in [2.75, 3.05) is 12.4 Å². The molecule has 0 bridgehead atoms. The maximum absolute atomic E-state index is 12.9. The zero-order chi connectivity index (χ0) is 20.9. The molecule has 0 saturated carbocycles. The van der Waals surface area contributed by atoms with E-state index >= 15 is 0 Å². The molecule has 8 heteroatoms. The van der Waals surface area contributed by atoms with Crippen LogP contribution >= 0.6 is 0 Å². The first-order valence-corrected chi connectivity index (χ1v) is 10.3. The third-order valence-electron chi connectivity index (χ3n) is 3.98. The molecule has 0 spiro atoms. The predicted molar refractivity (Wildman–Crippen MR) is 104 cm³/mol. The molecular weight excluding hydrogens is 370 g/mol. The minimum atomic E-state index is -3.76. The van der Waals surface area contributed by atoms with Crippen molar-refractivity contribution >= 4 is 21.9 Å². The van der Waals surface area contributed by atoms with Gasteiger partial charge in [0.2, 0.25) is 0 Å². The van der Waals surface area contributed by atoms with Crippen molar-refractivity contribution in [1.29, 1.82) is 0 Å². The third-order valence-corrected chi connectivity index (χ3v) is 6.63. The number of nitrogens with one attached hydrogen (secondary N) is 1. The second kappa shape index (κ2) is 8.73. The van der Waals surface area contributed by atoms with E-state index < -0.39 is 38.1 Å². The van der Waals surface area contributed by atoms with E-state index in [0.29, 0.717) is 5.56 Å². The van der Waals surface area contributed by atoms with Gasteiger partial charge in [0.15, 0.2) is 9.84 Å². The zero-order valence-corrected chi connectivity index (χ0v) is 17.3. The number of sulfone groups is 1.